The standard InChI is InChI=1S/C11H8Br2N6/c1-6-2-8(12)3-9(13)10(6)15-5-7(4-14)11-16-18-19-17-11/h2-3,5,15H,1H3,(H,16,17,18,19). The molecular weight excluding hydrogens is 376 g/mol. The van der Waals surface area contributed by atoms with Gasteiger partial charge in [-0.3, -0.25) is 0 Å². The van der Waals surface area contributed by atoms with E-state index in [4.69, 9.17) is 5.26 Å². The third-order valence-electron chi connectivity index (χ3n) is 2.32. The number of allylic oxidation sites excluding steroid dienone is 1. The zero-order valence-electron chi connectivity index (χ0n) is 9.78. The van der Waals surface area contributed by atoms with Crippen molar-refractivity contribution in [1.29, 1.82) is 5.26 Å². The lowest BCUT2D eigenvalue weighted by atomic mass is 10.2. The highest BCUT2D eigenvalue weighted by Gasteiger charge is 2.08. The van der Waals surface area contributed by atoms with Crippen molar-refractivity contribution in [3.05, 3.63) is 38.7 Å². The number of rotatable bonds is 3. The summed E-state index contributed by atoms with van der Waals surface area (Å²) in [4.78, 5) is 0. The minimum atomic E-state index is 0.251. The summed E-state index contributed by atoms with van der Waals surface area (Å²) in [6.07, 6.45) is 1.55. The molecule has 0 saturated carbocycles. The first-order valence-corrected chi connectivity index (χ1v) is 6.76. The Hall–Kier alpha value is -1.72. The topological polar surface area (TPSA) is 90.3 Å². The van der Waals surface area contributed by atoms with E-state index in [9.17, 15) is 0 Å². The number of aryl methyl sites for hydroxylation is 1. The Morgan fingerprint density at radius 1 is 1.47 bits per heavy atom. The molecule has 0 fully saturated rings. The van der Waals surface area contributed by atoms with Crippen molar-refractivity contribution in [2.75, 3.05) is 5.32 Å². The Labute approximate surface area is 126 Å². The number of anilines is 1. The first-order valence-electron chi connectivity index (χ1n) is 5.18. The monoisotopic (exact) mass is 382 g/mol. The largest absolute Gasteiger partial charge is 0.359 e. The van der Waals surface area contributed by atoms with Crippen molar-refractivity contribution in [2.45, 2.75) is 6.92 Å². The normalized spacial score (nSPS) is 11.2. The van der Waals surface area contributed by atoms with Gasteiger partial charge in [0.2, 0.25) is 5.82 Å². The van der Waals surface area contributed by atoms with E-state index in [1.807, 2.05) is 25.1 Å². The predicted molar refractivity (Wildman–Crippen MR) is 78.0 cm³/mol. The molecule has 0 unspecified atom stereocenters. The molecule has 8 heteroatoms. The molecule has 0 aliphatic carbocycles. The smallest absolute Gasteiger partial charge is 0.216 e. The van der Waals surface area contributed by atoms with E-state index in [2.05, 4.69) is 57.8 Å². The fourth-order valence-corrected chi connectivity index (χ4v) is 3.01. The number of nitriles is 1. The van der Waals surface area contributed by atoms with Crippen molar-refractivity contribution < 1.29 is 0 Å². The third kappa shape index (κ3) is 3.19. The van der Waals surface area contributed by atoms with Gasteiger partial charge in [-0.1, -0.05) is 15.9 Å². The number of aromatic nitrogens is 4. The summed E-state index contributed by atoms with van der Waals surface area (Å²) in [7, 11) is 0. The molecule has 2 N–H and O–H groups in total. The molecule has 19 heavy (non-hydrogen) atoms. The van der Waals surface area contributed by atoms with Crippen LogP contribution in [0.3, 0.4) is 0 Å². The molecule has 0 bridgehead atoms. The summed E-state index contributed by atoms with van der Waals surface area (Å²) >= 11 is 6.88. The minimum Gasteiger partial charge on any atom is -0.359 e. The van der Waals surface area contributed by atoms with Gasteiger partial charge in [-0.15, -0.1) is 10.2 Å². The lowest BCUT2D eigenvalue weighted by molar-refractivity contribution is 0.881. The van der Waals surface area contributed by atoms with Gasteiger partial charge in [-0.25, -0.2) is 0 Å². The number of benzene rings is 1. The van der Waals surface area contributed by atoms with Gasteiger partial charge in [0.05, 0.1) is 5.69 Å². The number of hydrogen-bond donors (Lipinski definition) is 2. The maximum Gasteiger partial charge on any atom is 0.216 e. The molecule has 1 aromatic carbocycles. The molecule has 6 nitrogen and oxygen atoms in total. The van der Waals surface area contributed by atoms with Crippen LogP contribution < -0.4 is 5.32 Å². The zero-order valence-corrected chi connectivity index (χ0v) is 12.9. The summed E-state index contributed by atoms with van der Waals surface area (Å²) in [6, 6.07) is 5.91. The van der Waals surface area contributed by atoms with E-state index in [-0.39, 0.29) is 5.82 Å². The molecule has 0 amide bonds. The third-order valence-corrected chi connectivity index (χ3v) is 3.40. The van der Waals surface area contributed by atoms with E-state index in [0.717, 1.165) is 20.2 Å². The van der Waals surface area contributed by atoms with Crippen LogP contribution >= 0.6 is 31.9 Å². The summed E-state index contributed by atoms with van der Waals surface area (Å²) in [5, 5.41) is 25.4. The highest BCUT2D eigenvalue weighted by Crippen LogP contribution is 2.30. The van der Waals surface area contributed by atoms with Crippen LogP contribution in [0.25, 0.3) is 5.57 Å². The fraction of sp³-hybridized carbons (Fsp3) is 0.0909. The summed E-state index contributed by atoms with van der Waals surface area (Å²) in [5.74, 6) is 0.251. The molecule has 2 aromatic rings. The summed E-state index contributed by atoms with van der Waals surface area (Å²) in [6.45, 7) is 1.96. The molecule has 0 saturated heterocycles. The number of nitrogens with zero attached hydrogens (tertiary/aromatic N) is 4. The average Bonchev–Trinajstić information content (AvgIpc) is 2.86. The number of halogens is 2. The molecule has 2 rings (SSSR count). The van der Waals surface area contributed by atoms with Gasteiger partial charge in [-0.2, -0.15) is 10.5 Å². The Morgan fingerprint density at radius 2 is 2.26 bits per heavy atom. The Kier molecular flexibility index (Phi) is 4.29. The van der Waals surface area contributed by atoms with Crippen LogP contribution in [-0.2, 0) is 0 Å². The quantitative estimate of drug-likeness (QED) is 0.795. The lowest BCUT2D eigenvalue weighted by Crippen LogP contribution is -1.96. The van der Waals surface area contributed by atoms with Gasteiger partial charge < -0.3 is 5.32 Å². The minimum absolute atomic E-state index is 0.251. The number of tetrazole rings is 1. The number of nitrogens with one attached hydrogen (secondary N) is 2. The van der Waals surface area contributed by atoms with Crippen LogP contribution in [0, 0.1) is 18.3 Å². The first kappa shape index (κ1) is 13.7. The lowest BCUT2D eigenvalue weighted by Gasteiger charge is -2.09. The number of H-pyrrole nitrogens is 1. The van der Waals surface area contributed by atoms with Gasteiger partial charge >= 0.3 is 0 Å². The zero-order chi connectivity index (χ0) is 13.8. The molecular formula is C11H8Br2N6. The van der Waals surface area contributed by atoms with E-state index in [1.165, 1.54) is 0 Å². The molecule has 96 valence electrons. The second-order valence-electron chi connectivity index (χ2n) is 3.63. The van der Waals surface area contributed by atoms with Gasteiger partial charge in [0.15, 0.2) is 0 Å². The molecule has 0 atom stereocenters. The van der Waals surface area contributed by atoms with Crippen molar-refractivity contribution in [2.24, 2.45) is 0 Å². The first-order chi connectivity index (χ1) is 9.11. The number of aromatic amines is 1. The number of hydrogen-bond acceptors (Lipinski definition) is 5. The molecule has 0 radical (unpaired) electrons. The molecule has 0 aliphatic rings. The van der Waals surface area contributed by atoms with E-state index in [1.54, 1.807) is 6.20 Å². The maximum atomic E-state index is 9.06. The van der Waals surface area contributed by atoms with Crippen molar-refractivity contribution >= 4 is 43.1 Å². The molecule has 1 heterocycles. The van der Waals surface area contributed by atoms with Gasteiger partial charge in [0, 0.05) is 15.1 Å². The van der Waals surface area contributed by atoms with Crippen LogP contribution in [0.5, 0.6) is 0 Å². The van der Waals surface area contributed by atoms with Crippen LogP contribution in [0.4, 0.5) is 5.69 Å². The van der Waals surface area contributed by atoms with Gasteiger partial charge in [0.25, 0.3) is 0 Å². The highest BCUT2D eigenvalue weighted by atomic mass is 79.9. The van der Waals surface area contributed by atoms with Gasteiger partial charge in [0.1, 0.15) is 11.6 Å². The maximum absolute atomic E-state index is 9.06. The van der Waals surface area contributed by atoms with Crippen molar-refractivity contribution in [3.8, 4) is 6.07 Å². The predicted octanol–water partition coefficient (Wildman–Crippen LogP) is 3.01. The molecule has 0 spiro atoms. The second-order valence-corrected chi connectivity index (χ2v) is 5.40. The van der Waals surface area contributed by atoms with E-state index in [0.29, 0.717) is 5.57 Å². The SMILES string of the molecule is Cc1cc(Br)cc(Br)c1NC=C(C#N)c1nn[nH]n1. The van der Waals surface area contributed by atoms with Gasteiger partial charge in [-0.05, 0) is 45.8 Å². The van der Waals surface area contributed by atoms with Crippen molar-refractivity contribution in [3.63, 3.8) is 0 Å². The second kappa shape index (κ2) is 5.95. The van der Waals surface area contributed by atoms with Crippen LogP contribution in [0.15, 0.2) is 27.3 Å². The average molecular weight is 384 g/mol. The molecule has 0 aliphatic heterocycles. The Balaban J connectivity index is 2.30. The van der Waals surface area contributed by atoms with Crippen molar-refractivity contribution in [1.82, 2.24) is 20.6 Å². The van der Waals surface area contributed by atoms with Crippen LogP contribution in [0.2, 0.25) is 0 Å². The Bertz CT molecular complexity index is 633. The van der Waals surface area contributed by atoms with Crippen LogP contribution in [0.1, 0.15) is 11.4 Å². The highest BCUT2D eigenvalue weighted by molar-refractivity contribution is 9.11. The summed E-state index contributed by atoms with van der Waals surface area (Å²) < 4.78 is 1.87. The van der Waals surface area contributed by atoms with Crippen LogP contribution in [-0.4, -0.2) is 20.6 Å². The fourth-order valence-electron chi connectivity index (χ4n) is 1.45. The molecule has 1 aromatic heterocycles. The summed E-state index contributed by atoms with van der Waals surface area (Å²) in [5.41, 5.74) is 2.20. The Morgan fingerprint density at radius 3 is 2.84 bits per heavy atom. The van der Waals surface area contributed by atoms with E-state index >= 15 is 0 Å². The van der Waals surface area contributed by atoms with E-state index < -0.39 is 0 Å².